The Bertz CT molecular complexity index is 1040. The van der Waals surface area contributed by atoms with Crippen LogP contribution in [-0.2, 0) is 11.3 Å². The Morgan fingerprint density at radius 1 is 1.16 bits per heavy atom. The molecule has 1 atom stereocenters. The van der Waals surface area contributed by atoms with E-state index in [1.54, 1.807) is 23.2 Å². The second-order valence-electron chi connectivity index (χ2n) is 7.85. The first kappa shape index (κ1) is 21.7. The highest BCUT2D eigenvalue weighted by Gasteiger charge is 2.34. The Morgan fingerprint density at radius 3 is 2.72 bits per heavy atom. The van der Waals surface area contributed by atoms with Crippen LogP contribution in [0.5, 0.6) is 11.5 Å². The van der Waals surface area contributed by atoms with Crippen molar-refractivity contribution in [2.24, 2.45) is 11.0 Å². The van der Waals surface area contributed by atoms with E-state index >= 15 is 0 Å². The molecule has 2 aromatic carbocycles. The van der Waals surface area contributed by atoms with E-state index in [9.17, 15) is 9.59 Å². The molecular formula is C24H28N4O4. The maximum atomic E-state index is 13.0. The van der Waals surface area contributed by atoms with Crippen LogP contribution in [0.1, 0.15) is 30.9 Å². The second-order valence-corrected chi connectivity index (χ2v) is 7.85. The van der Waals surface area contributed by atoms with E-state index < -0.39 is 0 Å². The normalized spacial score (nSPS) is 17.2. The van der Waals surface area contributed by atoms with Gasteiger partial charge in [0.05, 0.1) is 18.2 Å². The van der Waals surface area contributed by atoms with E-state index in [1.807, 2.05) is 38.1 Å². The first-order valence-electron chi connectivity index (χ1n) is 10.9. The molecule has 2 aliphatic heterocycles. The molecule has 0 spiro atoms. The molecule has 4 rings (SSSR count). The number of hydrogen-bond donors (Lipinski definition) is 2. The molecule has 0 saturated carbocycles. The number of aryl methyl sites for hydroxylation is 1. The van der Waals surface area contributed by atoms with Crippen molar-refractivity contribution in [3.05, 3.63) is 53.6 Å². The zero-order chi connectivity index (χ0) is 22.5. The molecule has 0 saturated heterocycles. The summed E-state index contributed by atoms with van der Waals surface area (Å²) in [6, 6.07) is 12.9. The van der Waals surface area contributed by atoms with E-state index in [1.165, 1.54) is 0 Å². The van der Waals surface area contributed by atoms with E-state index in [4.69, 9.17) is 9.47 Å². The summed E-state index contributed by atoms with van der Waals surface area (Å²) in [5.41, 5.74) is 3.69. The van der Waals surface area contributed by atoms with Crippen molar-refractivity contribution in [1.82, 2.24) is 10.3 Å². The Labute approximate surface area is 187 Å². The lowest BCUT2D eigenvalue weighted by Gasteiger charge is -2.19. The standard InChI is InChI=1S/C24H28N4O4/c1-3-20-19(23(29)28(27-20)15-17-7-5-4-6-16(17)2)10-11-25-24(30)26-18-8-9-21-22(14-18)32-13-12-31-21/h4-9,14,19H,3,10-13,15H2,1-2H3,(H2,25,26,30). The molecule has 32 heavy (non-hydrogen) atoms. The van der Waals surface area contributed by atoms with Crippen LogP contribution in [0, 0.1) is 12.8 Å². The average Bonchev–Trinajstić information content (AvgIpc) is 3.10. The molecule has 2 aromatic rings. The number of anilines is 1. The highest BCUT2D eigenvalue weighted by molar-refractivity contribution is 6.07. The van der Waals surface area contributed by atoms with Gasteiger partial charge in [0.25, 0.3) is 5.91 Å². The second kappa shape index (κ2) is 9.72. The minimum Gasteiger partial charge on any atom is -0.486 e. The third-order valence-corrected chi connectivity index (χ3v) is 5.67. The third-order valence-electron chi connectivity index (χ3n) is 5.67. The van der Waals surface area contributed by atoms with Gasteiger partial charge in [-0.3, -0.25) is 4.79 Å². The molecule has 0 bridgehead atoms. The van der Waals surface area contributed by atoms with Crippen LogP contribution in [-0.4, -0.2) is 42.4 Å². The fourth-order valence-electron chi connectivity index (χ4n) is 3.89. The Balaban J connectivity index is 1.29. The number of rotatable bonds is 7. The maximum Gasteiger partial charge on any atom is 0.319 e. The average molecular weight is 437 g/mol. The number of fused-ring (bicyclic) bond motifs is 1. The molecule has 168 valence electrons. The zero-order valence-electron chi connectivity index (χ0n) is 18.4. The monoisotopic (exact) mass is 436 g/mol. The van der Waals surface area contributed by atoms with Crippen LogP contribution in [0.25, 0.3) is 0 Å². The minimum absolute atomic E-state index is 0.0147. The summed E-state index contributed by atoms with van der Waals surface area (Å²) < 4.78 is 11.0. The molecule has 2 N–H and O–H groups in total. The molecule has 8 heteroatoms. The van der Waals surface area contributed by atoms with Crippen LogP contribution in [0.15, 0.2) is 47.6 Å². The number of nitrogens with zero attached hydrogens (tertiary/aromatic N) is 2. The van der Waals surface area contributed by atoms with Crippen molar-refractivity contribution in [2.75, 3.05) is 25.1 Å². The Hall–Kier alpha value is -3.55. The van der Waals surface area contributed by atoms with Gasteiger partial charge in [-0.25, -0.2) is 9.80 Å². The number of hydrazone groups is 1. The molecule has 0 aliphatic carbocycles. The summed E-state index contributed by atoms with van der Waals surface area (Å²) in [5.74, 6) is 0.962. The first-order chi connectivity index (χ1) is 15.5. The van der Waals surface area contributed by atoms with Gasteiger partial charge in [0, 0.05) is 18.3 Å². The molecule has 2 aliphatic rings. The topological polar surface area (TPSA) is 92.3 Å². The van der Waals surface area contributed by atoms with Crippen molar-refractivity contribution in [3.8, 4) is 11.5 Å². The molecular weight excluding hydrogens is 408 g/mol. The third kappa shape index (κ3) is 4.85. The summed E-state index contributed by atoms with van der Waals surface area (Å²) in [4.78, 5) is 25.3. The predicted octanol–water partition coefficient (Wildman–Crippen LogP) is 3.70. The predicted molar refractivity (Wildman–Crippen MR) is 122 cm³/mol. The Kier molecular flexibility index (Phi) is 6.58. The van der Waals surface area contributed by atoms with E-state index in [0.29, 0.717) is 56.3 Å². The summed E-state index contributed by atoms with van der Waals surface area (Å²) >= 11 is 0. The molecule has 0 radical (unpaired) electrons. The quantitative estimate of drug-likeness (QED) is 0.692. The van der Waals surface area contributed by atoms with Gasteiger partial charge in [-0.15, -0.1) is 0 Å². The van der Waals surface area contributed by atoms with Gasteiger partial charge < -0.3 is 20.1 Å². The van der Waals surface area contributed by atoms with Crippen molar-refractivity contribution >= 4 is 23.3 Å². The fourth-order valence-corrected chi connectivity index (χ4v) is 3.89. The number of carbonyl (C=O) groups is 2. The lowest BCUT2D eigenvalue weighted by Crippen LogP contribution is -2.34. The molecule has 0 aromatic heterocycles. The van der Waals surface area contributed by atoms with Crippen LogP contribution in [0.3, 0.4) is 0 Å². The van der Waals surface area contributed by atoms with Crippen molar-refractivity contribution in [3.63, 3.8) is 0 Å². The number of benzene rings is 2. The molecule has 8 nitrogen and oxygen atoms in total. The fraction of sp³-hybridized carbons (Fsp3) is 0.375. The zero-order valence-corrected chi connectivity index (χ0v) is 18.4. The molecule has 1 unspecified atom stereocenters. The Morgan fingerprint density at radius 2 is 1.94 bits per heavy atom. The van der Waals surface area contributed by atoms with Crippen molar-refractivity contribution < 1.29 is 19.1 Å². The van der Waals surface area contributed by atoms with Gasteiger partial charge in [0.2, 0.25) is 0 Å². The highest BCUT2D eigenvalue weighted by Crippen LogP contribution is 2.32. The van der Waals surface area contributed by atoms with E-state index in [-0.39, 0.29) is 17.9 Å². The van der Waals surface area contributed by atoms with Crippen LogP contribution < -0.4 is 20.1 Å². The van der Waals surface area contributed by atoms with Gasteiger partial charge in [-0.1, -0.05) is 31.2 Å². The summed E-state index contributed by atoms with van der Waals surface area (Å²) in [6.45, 7) is 5.86. The van der Waals surface area contributed by atoms with Crippen molar-refractivity contribution in [2.45, 2.75) is 33.2 Å². The van der Waals surface area contributed by atoms with Crippen LogP contribution in [0.4, 0.5) is 10.5 Å². The number of carbonyl (C=O) groups excluding carboxylic acids is 2. The van der Waals surface area contributed by atoms with Gasteiger partial charge in [0.1, 0.15) is 13.2 Å². The number of hydrogen-bond acceptors (Lipinski definition) is 5. The lowest BCUT2D eigenvalue weighted by atomic mass is 9.97. The van der Waals surface area contributed by atoms with Crippen LogP contribution in [0.2, 0.25) is 0 Å². The van der Waals surface area contributed by atoms with E-state index in [0.717, 1.165) is 16.8 Å². The smallest absolute Gasteiger partial charge is 0.319 e. The highest BCUT2D eigenvalue weighted by atomic mass is 16.6. The van der Waals surface area contributed by atoms with Gasteiger partial charge >= 0.3 is 6.03 Å². The number of urea groups is 1. The van der Waals surface area contributed by atoms with E-state index in [2.05, 4.69) is 15.7 Å². The lowest BCUT2D eigenvalue weighted by molar-refractivity contribution is -0.132. The number of nitrogens with one attached hydrogen (secondary N) is 2. The molecule has 0 fully saturated rings. The maximum absolute atomic E-state index is 13.0. The van der Waals surface area contributed by atoms with Gasteiger partial charge in [-0.05, 0) is 43.0 Å². The largest absolute Gasteiger partial charge is 0.486 e. The summed E-state index contributed by atoms with van der Waals surface area (Å²) in [7, 11) is 0. The summed E-state index contributed by atoms with van der Waals surface area (Å²) in [6.07, 6.45) is 1.20. The minimum atomic E-state index is -0.334. The van der Waals surface area contributed by atoms with Gasteiger partial charge in [-0.2, -0.15) is 5.10 Å². The summed E-state index contributed by atoms with van der Waals surface area (Å²) in [5, 5.41) is 11.7. The van der Waals surface area contributed by atoms with Gasteiger partial charge in [0.15, 0.2) is 11.5 Å². The molecule has 3 amide bonds. The van der Waals surface area contributed by atoms with Crippen molar-refractivity contribution in [1.29, 1.82) is 0 Å². The van der Waals surface area contributed by atoms with Crippen LogP contribution >= 0.6 is 0 Å². The SMILES string of the molecule is CCC1=NN(Cc2ccccc2C)C(=O)C1CCNC(=O)Nc1ccc2c(c1)OCCO2. The number of ether oxygens (including phenoxy) is 2. The molecule has 2 heterocycles. The number of amides is 3. The first-order valence-corrected chi connectivity index (χ1v) is 10.9.